The topological polar surface area (TPSA) is 80.9 Å². The highest BCUT2D eigenvalue weighted by atomic mass is 32.2. The fourth-order valence-electron chi connectivity index (χ4n) is 1.72. The Morgan fingerprint density at radius 1 is 1.47 bits per heavy atom. The zero-order valence-corrected chi connectivity index (χ0v) is 10.4. The standard InChI is InChI=1S/C11H16N4OS/c12-10-7-13-9(6-14-10)11(16)15-5-8-3-1-2-4-17-8/h6-8H,1-5H2,(H2,12,14)(H,15,16). The predicted molar refractivity (Wildman–Crippen MR) is 68.9 cm³/mol. The van der Waals surface area contributed by atoms with E-state index in [4.69, 9.17) is 5.73 Å². The molecule has 5 nitrogen and oxygen atoms in total. The number of nitrogens with zero attached hydrogens (tertiary/aromatic N) is 2. The highest BCUT2D eigenvalue weighted by Gasteiger charge is 2.15. The molecule has 0 bridgehead atoms. The predicted octanol–water partition coefficient (Wildman–Crippen LogP) is 1.07. The van der Waals surface area contributed by atoms with Gasteiger partial charge in [0.05, 0.1) is 12.4 Å². The Morgan fingerprint density at radius 3 is 3.00 bits per heavy atom. The van der Waals surface area contributed by atoms with Gasteiger partial charge in [-0.3, -0.25) is 4.79 Å². The molecule has 6 heteroatoms. The smallest absolute Gasteiger partial charge is 0.271 e. The van der Waals surface area contributed by atoms with Crippen molar-refractivity contribution < 1.29 is 4.79 Å². The van der Waals surface area contributed by atoms with Gasteiger partial charge in [0.15, 0.2) is 0 Å². The summed E-state index contributed by atoms with van der Waals surface area (Å²) < 4.78 is 0. The van der Waals surface area contributed by atoms with Crippen molar-refractivity contribution in [1.82, 2.24) is 15.3 Å². The summed E-state index contributed by atoms with van der Waals surface area (Å²) >= 11 is 1.93. The monoisotopic (exact) mass is 252 g/mol. The lowest BCUT2D eigenvalue weighted by atomic mass is 10.2. The summed E-state index contributed by atoms with van der Waals surface area (Å²) in [5, 5.41) is 3.42. The number of rotatable bonds is 3. The van der Waals surface area contributed by atoms with Crippen LogP contribution in [0.3, 0.4) is 0 Å². The SMILES string of the molecule is Nc1cnc(C(=O)NCC2CCCCS2)cn1. The van der Waals surface area contributed by atoms with Crippen LogP contribution in [0.1, 0.15) is 29.8 Å². The van der Waals surface area contributed by atoms with E-state index in [1.165, 1.54) is 37.4 Å². The maximum Gasteiger partial charge on any atom is 0.271 e. The molecule has 92 valence electrons. The molecule has 0 aromatic carbocycles. The number of nitrogen functional groups attached to an aromatic ring is 1. The Bertz CT molecular complexity index is 376. The molecule has 0 aliphatic carbocycles. The molecule has 17 heavy (non-hydrogen) atoms. The first-order valence-electron chi connectivity index (χ1n) is 5.73. The fourth-order valence-corrected chi connectivity index (χ4v) is 2.96. The van der Waals surface area contributed by atoms with E-state index in [-0.39, 0.29) is 5.91 Å². The summed E-state index contributed by atoms with van der Waals surface area (Å²) in [6.45, 7) is 0.704. The first kappa shape index (κ1) is 12.2. The molecule has 1 aromatic heterocycles. The van der Waals surface area contributed by atoms with Gasteiger partial charge in [-0.05, 0) is 18.6 Å². The number of carbonyl (C=O) groups is 1. The Labute approximate surface area is 105 Å². The second-order valence-corrected chi connectivity index (χ2v) is 5.43. The molecule has 2 heterocycles. The molecule has 1 aliphatic heterocycles. The third-order valence-corrected chi connectivity index (χ3v) is 4.07. The highest BCUT2D eigenvalue weighted by Crippen LogP contribution is 2.24. The van der Waals surface area contributed by atoms with Gasteiger partial charge in [0, 0.05) is 11.8 Å². The van der Waals surface area contributed by atoms with Gasteiger partial charge in [0.25, 0.3) is 5.91 Å². The molecule has 0 saturated carbocycles. The third-order valence-electron chi connectivity index (χ3n) is 2.67. The molecule has 0 radical (unpaired) electrons. The van der Waals surface area contributed by atoms with Gasteiger partial charge in [-0.15, -0.1) is 0 Å². The quantitative estimate of drug-likeness (QED) is 0.841. The molecule has 1 aromatic rings. The summed E-state index contributed by atoms with van der Waals surface area (Å²) in [6.07, 6.45) is 6.52. The van der Waals surface area contributed by atoms with Crippen LogP contribution < -0.4 is 11.1 Å². The van der Waals surface area contributed by atoms with Crippen molar-refractivity contribution in [3.05, 3.63) is 18.1 Å². The molecule has 1 saturated heterocycles. The highest BCUT2D eigenvalue weighted by molar-refractivity contribution is 7.99. The average molecular weight is 252 g/mol. The van der Waals surface area contributed by atoms with Gasteiger partial charge >= 0.3 is 0 Å². The zero-order chi connectivity index (χ0) is 12.1. The second-order valence-electron chi connectivity index (χ2n) is 4.03. The largest absolute Gasteiger partial charge is 0.382 e. The molecule has 1 atom stereocenters. The summed E-state index contributed by atoms with van der Waals surface area (Å²) in [6, 6.07) is 0. The van der Waals surface area contributed by atoms with Crippen molar-refractivity contribution in [3.63, 3.8) is 0 Å². The Kier molecular flexibility index (Phi) is 4.19. The van der Waals surface area contributed by atoms with Crippen molar-refractivity contribution in [3.8, 4) is 0 Å². The number of nitrogens with two attached hydrogens (primary N) is 1. The summed E-state index contributed by atoms with van der Waals surface area (Å²) in [7, 11) is 0. The molecule has 3 N–H and O–H groups in total. The number of aromatic nitrogens is 2. The molecule has 1 amide bonds. The van der Waals surface area contributed by atoms with Crippen molar-refractivity contribution in [1.29, 1.82) is 0 Å². The summed E-state index contributed by atoms with van der Waals surface area (Å²) in [5.74, 6) is 1.34. The minimum Gasteiger partial charge on any atom is -0.382 e. The van der Waals surface area contributed by atoms with Gasteiger partial charge in [-0.2, -0.15) is 11.8 Å². The molecule has 1 aliphatic rings. The van der Waals surface area contributed by atoms with E-state index in [1.54, 1.807) is 0 Å². The minimum atomic E-state index is -0.177. The third kappa shape index (κ3) is 3.59. The summed E-state index contributed by atoms with van der Waals surface area (Å²) in [4.78, 5) is 19.5. The molecular formula is C11H16N4OS. The van der Waals surface area contributed by atoms with Crippen LogP contribution in [0.2, 0.25) is 0 Å². The van der Waals surface area contributed by atoms with Crippen LogP contribution >= 0.6 is 11.8 Å². The number of hydrogen-bond donors (Lipinski definition) is 2. The number of hydrogen-bond acceptors (Lipinski definition) is 5. The van der Waals surface area contributed by atoms with Crippen molar-refractivity contribution in [2.24, 2.45) is 0 Å². The van der Waals surface area contributed by atoms with Crippen LogP contribution in [-0.2, 0) is 0 Å². The number of nitrogens with one attached hydrogen (secondary N) is 1. The van der Waals surface area contributed by atoms with E-state index in [0.29, 0.717) is 23.3 Å². The van der Waals surface area contributed by atoms with E-state index in [1.807, 2.05) is 11.8 Å². The van der Waals surface area contributed by atoms with Crippen molar-refractivity contribution in [2.45, 2.75) is 24.5 Å². The van der Waals surface area contributed by atoms with Crippen LogP contribution in [0.25, 0.3) is 0 Å². The normalized spacial score (nSPS) is 19.9. The lowest BCUT2D eigenvalue weighted by Gasteiger charge is -2.21. The molecule has 1 fully saturated rings. The van der Waals surface area contributed by atoms with Gasteiger partial charge in [0.1, 0.15) is 11.5 Å². The second kappa shape index (κ2) is 5.86. The van der Waals surface area contributed by atoms with Crippen LogP contribution in [0, 0.1) is 0 Å². The van der Waals surface area contributed by atoms with E-state index >= 15 is 0 Å². The van der Waals surface area contributed by atoms with Gasteiger partial charge < -0.3 is 11.1 Å². The Hall–Kier alpha value is -1.30. The number of anilines is 1. The van der Waals surface area contributed by atoms with Crippen LogP contribution in [0.5, 0.6) is 0 Å². The van der Waals surface area contributed by atoms with E-state index < -0.39 is 0 Å². The number of thioether (sulfide) groups is 1. The number of amides is 1. The van der Waals surface area contributed by atoms with Gasteiger partial charge in [0.2, 0.25) is 0 Å². The van der Waals surface area contributed by atoms with E-state index in [0.717, 1.165) is 0 Å². The molecule has 2 rings (SSSR count). The zero-order valence-electron chi connectivity index (χ0n) is 9.56. The summed E-state index contributed by atoms with van der Waals surface area (Å²) in [5.41, 5.74) is 5.73. The minimum absolute atomic E-state index is 0.177. The first-order chi connectivity index (χ1) is 8.25. The fraction of sp³-hybridized carbons (Fsp3) is 0.545. The van der Waals surface area contributed by atoms with Crippen molar-refractivity contribution >= 4 is 23.5 Å². The Balaban J connectivity index is 1.82. The van der Waals surface area contributed by atoms with Gasteiger partial charge in [-0.25, -0.2) is 9.97 Å². The van der Waals surface area contributed by atoms with Crippen LogP contribution in [0.4, 0.5) is 5.82 Å². The lowest BCUT2D eigenvalue weighted by molar-refractivity contribution is 0.0948. The van der Waals surface area contributed by atoms with Crippen LogP contribution in [0.15, 0.2) is 12.4 Å². The van der Waals surface area contributed by atoms with Crippen molar-refractivity contribution in [2.75, 3.05) is 18.0 Å². The maximum absolute atomic E-state index is 11.7. The lowest BCUT2D eigenvalue weighted by Crippen LogP contribution is -2.32. The van der Waals surface area contributed by atoms with Crippen LogP contribution in [-0.4, -0.2) is 33.4 Å². The van der Waals surface area contributed by atoms with E-state index in [2.05, 4.69) is 15.3 Å². The number of carbonyl (C=O) groups excluding carboxylic acids is 1. The molecule has 1 unspecified atom stereocenters. The van der Waals surface area contributed by atoms with E-state index in [9.17, 15) is 4.79 Å². The molecular weight excluding hydrogens is 236 g/mol. The first-order valence-corrected chi connectivity index (χ1v) is 6.78. The molecule has 0 spiro atoms. The maximum atomic E-state index is 11.7. The average Bonchev–Trinajstić information content (AvgIpc) is 2.38. The Morgan fingerprint density at radius 2 is 2.35 bits per heavy atom. The van der Waals surface area contributed by atoms with Gasteiger partial charge in [-0.1, -0.05) is 6.42 Å².